The Morgan fingerprint density at radius 1 is 0.968 bits per heavy atom. The van der Waals surface area contributed by atoms with Crippen LogP contribution in [-0.2, 0) is 14.2 Å². The molecule has 3 aromatic rings. The van der Waals surface area contributed by atoms with E-state index in [4.69, 9.17) is 18.9 Å². The number of rotatable bonds is 4. The van der Waals surface area contributed by atoms with Crippen LogP contribution >= 0.6 is 0 Å². The highest BCUT2D eigenvalue weighted by Gasteiger charge is 2.44. The van der Waals surface area contributed by atoms with Gasteiger partial charge in [-0.1, -0.05) is 42.5 Å². The predicted molar refractivity (Wildman–Crippen MR) is 114 cm³/mol. The quantitative estimate of drug-likeness (QED) is 0.688. The van der Waals surface area contributed by atoms with Crippen molar-refractivity contribution in [2.45, 2.75) is 37.1 Å². The second-order valence-electron chi connectivity index (χ2n) is 7.81. The molecule has 0 saturated carbocycles. The van der Waals surface area contributed by atoms with Gasteiger partial charge in [-0.25, -0.2) is 0 Å². The van der Waals surface area contributed by atoms with E-state index in [0.29, 0.717) is 13.0 Å². The maximum Gasteiger partial charge on any atom is 0.184 e. The molecule has 6 nitrogen and oxygen atoms in total. The topological polar surface area (TPSA) is 70.0 Å². The molecule has 0 spiro atoms. The minimum absolute atomic E-state index is 0.265. The summed E-state index contributed by atoms with van der Waals surface area (Å²) in [6.07, 6.45) is -0.0347. The van der Waals surface area contributed by atoms with Gasteiger partial charge in [-0.3, -0.25) is 4.98 Å². The first-order valence-electron chi connectivity index (χ1n) is 10.5. The molecule has 31 heavy (non-hydrogen) atoms. The summed E-state index contributed by atoms with van der Waals surface area (Å²) in [6.45, 7) is 0.348. The molecule has 5 rings (SSSR count). The molecule has 0 aliphatic carbocycles. The summed E-state index contributed by atoms with van der Waals surface area (Å²) in [4.78, 5) is 4.48. The van der Waals surface area contributed by atoms with Crippen LogP contribution in [0, 0.1) is 0 Å². The maximum atomic E-state index is 10.9. The second kappa shape index (κ2) is 8.77. The molecule has 6 heteroatoms. The molecule has 2 fully saturated rings. The normalized spacial score (nSPS) is 28.0. The third-order valence-corrected chi connectivity index (χ3v) is 5.87. The number of nitrogens with zero attached hydrogens (tertiary/aromatic N) is 1. The highest BCUT2D eigenvalue weighted by molar-refractivity contribution is 5.64. The Hall–Kier alpha value is -2.77. The largest absolute Gasteiger partial charge is 0.497 e. The molecule has 2 saturated heterocycles. The van der Waals surface area contributed by atoms with Gasteiger partial charge in [0.15, 0.2) is 6.29 Å². The zero-order valence-electron chi connectivity index (χ0n) is 17.3. The fraction of sp³-hybridized carbons (Fsp3) is 0.320. The van der Waals surface area contributed by atoms with E-state index in [9.17, 15) is 5.11 Å². The van der Waals surface area contributed by atoms with Crippen LogP contribution in [0.1, 0.15) is 29.9 Å². The SMILES string of the molecule is COc1ccc([C@@H]2OC[C@H]3OC(c4ccccc4-c4ccccn4)C[C@@H](O)[C@@H]3O2)cc1. The molecule has 1 aromatic heterocycles. The minimum atomic E-state index is -0.662. The van der Waals surface area contributed by atoms with Crippen molar-refractivity contribution in [3.05, 3.63) is 84.1 Å². The second-order valence-corrected chi connectivity index (χ2v) is 7.81. The van der Waals surface area contributed by atoms with Gasteiger partial charge in [0.25, 0.3) is 0 Å². The molecule has 0 amide bonds. The highest BCUT2D eigenvalue weighted by atomic mass is 16.7. The van der Waals surface area contributed by atoms with Crippen LogP contribution in [0.5, 0.6) is 5.75 Å². The summed E-state index contributed by atoms with van der Waals surface area (Å²) < 4.78 is 23.6. The van der Waals surface area contributed by atoms with E-state index in [1.807, 2.05) is 66.7 Å². The van der Waals surface area contributed by atoms with Crippen LogP contribution in [0.4, 0.5) is 0 Å². The molecular formula is C25H25NO5. The van der Waals surface area contributed by atoms with Crippen molar-refractivity contribution >= 4 is 0 Å². The first-order valence-corrected chi connectivity index (χ1v) is 10.5. The summed E-state index contributed by atoms with van der Waals surface area (Å²) in [5, 5.41) is 10.9. The monoisotopic (exact) mass is 419 g/mol. The predicted octanol–water partition coefficient (Wildman–Crippen LogP) is 4.06. The summed E-state index contributed by atoms with van der Waals surface area (Å²) in [5.74, 6) is 0.771. The minimum Gasteiger partial charge on any atom is -0.497 e. The lowest BCUT2D eigenvalue weighted by Crippen LogP contribution is -2.53. The van der Waals surface area contributed by atoms with Gasteiger partial charge in [-0.2, -0.15) is 0 Å². The molecule has 0 bridgehead atoms. The van der Waals surface area contributed by atoms with Crippen molar-refractivity contribution < 1.29 is 24.1 Å². The Kier molecular flexibility index (Phi) is 5.70. The lowest BCUT2D eigenvalue weighted by molar-refractivity contribution is -0.311. The summed E-state index contributed by atoms with van der Waals surface area (Å²) in [5.41, 5.74) is 3.78. The van der Waals surface area contributed by atoms with Crippen molar-refractivity contribution in [3.63, 3.8) is 0 Å². The van der Waals surface area contributed by atoms with Gasteiger partial charge in [-0.15, -0.1) is 0 Å². The number of fused-ring (bicyclic) bond motifs is 1. The molecule has 0 radical (unpaired) electrons. The Balaban J connectivity index is 1.34. The summed E-state index contributed by atoms with van der Waals surface area (Å²) >= 11 is 0. The Morgan fingerprint density at radius 3 is 2.55 bits per heavy atom. The number of aliphatic hydroxyl groups excluding tert-OH is 1. The number of hydrogen-bond acceptors (Lipinski definition) is 6. The van der Waals surface area contributed by atoms with Gasteiger partial charge in [-0.05, 0) is 29.8 Å². The molecular weight excluding hydrogens is 394 g/mol. The fourth-order valence-electron chi connectivity index (χ4n) is 4.29. The van der Waals surface area contributed by atoms with E-state index in [-0.39, 0.29) is 12.2 Å². The highest BCUT2D eigenvalue weighted by Crippen LogP contribution is 2.41. The third kappa shape index (κ3) is 4.07. The number of aromatic nitrogens is 1. The van der Waals surface area contributed by atoms with Crippen molar-refractivity contribution in [1.29, 1.82) is 0 Å². The van der Waals surface area contributed by atoms with Gasteiger partial charge in [0.05, 0.1) is 31.6 Å². The van der Waals surface area contributed by atoms with Gasteiger partial charge in [0, 0.05) is 23.7 Å². The van der Waals surface area contributed by atoms with Crippen LogP contribution in [0.3, 0.4) is 0 Å². The van der Waals surface area contributed by atoms with Crippen LogP contribution in [0.2, 0.25) is 0 Å². The molecule has 1 unspecified atom stereocenters. The molecule has 2 aliphatic rings. The van der Waals surface area contributed by atoms with Crippen molar-refractivity contribution in [2.24, 2.45) is 0 Å². The van der Waals surface area contributed by atoms with E-state index in [0.717, 1.165) is 28.1 Å². The number of methoxy groups -OCH3 is 1. The van der Waals surface area contributed by atoms with Crippen LogP contribution in [-0.4, -0.2) is 42.1 Å². The zero-order valence-corrected chi connectivity index (χ0v) is 17.3. The Bertz CT molecular complexity index is 1010. The van der Waals surface area contributed by atoms with Gasteiger partial charge >= 0.3 is 0 Å². The first-order chi connectivity index (χ1) is 15.2. The third-order valence-electron chi connectivity index (χ3n) is 5.87. The van der Waals surface area contributed by atoms with E-state index in [2.05, 4.69) is 4.98 Å². The Labute approximate surface area is 181 Å². The molecule has 2 aromatic carbocycles. The first kappa shape index (κ1) is 20.2. The van der Waals surface area contributed by atoms with Gasteiger partial charge < -0.3 is 24.1 Å². The molecule has 3 heterocycles. The van der Waals surface area contributed by atoms with E-state index >= 15 is 0 Å². The number of aliphatic hydroxyl groups is 1. The molecule has 1 N–H and O–H groups in total. The number of pyridine rings is 1. The lowest BCUT2D eigenvalue weighted by atomic mass is 9.90. The molecule has 5 atom stereocenters. The number of hydrogen-bond donors (Lipinski definition) is 1. The van der Waals surface area contributed by atoms with E-state index in [1.54, 1.807) is 13.3 Å². The van der Waals surface area contributed by atoms with Crippen LogP contribution in [0.15, 0.2) is 72.9 Å². The van der Waals surface area contributed by atoms with E-state index in [1.165, 1.54) is 0 Å². The smallest absolute Gasteiger partial charge is 0.184 e. The lowest BCUT2D eigenvalue weighted by Gasteiger charge is -2.44. The zero-order chi connectivity index (χ0) is 21.2. The van der Waals surface area contributed by atoms with E-state index < -0.39 is 18.5 Å². The number of ether oxygens (including phenoxy) is 4. The van der Waals surface area contributed by atoms with Crippen molar-refractivity contribution in [1.82, 2.24) is 4.98 Å². The molecule has 160 valence electrons. The average molecular weight is 419 g/mol. The van der Waals surface area contributed by atoms with Crippen molar-refractivity contribution in [2.75, 3.05) is 13.7 Å². The Morgan fingerprint density at radius 2 is 1.77 bits per heavy atom. The average Bonchev–Trinajstić information content (AvgIpc) is 2.84. The van der Waals surface area contributed by atoms with Crippen LogP contribution < -0.4 is 4.74 Å². The maximum absolute atomic E-state index is 10.9. The van der Waals surface area contributed by atoms with Crippen molar-refractivity contribution in [3.8, 4) is 17.0 Å². The van der Waals surface area contributed by atoms with Gasteiger partial charge in [0.1, 0.15) is 18.0 Å². The number of benzene rings is 2. The van der Waals surface area contributed by atoms with Gasteiger partial charge in [0.2, 0.25) is 0 Å². The van der Waals surface area contributed by atoms with Crippen LogP contribution in [0.25, 0.3) is 11.3 Å². The standard InChI is InChI=1S/C25H25NO5/c1-28-17-11-9-16(10-12-17)25-29-15-23-24(31-25)21(27)14-22(30-23)19-7-3-2-6-18(19)20-8-4-5-13-26-20/h2-13,21-25,27H,14-15H2,1H3/t21-,22?,23-,24+,25-/m1/s1. The fourth-order valence-corrected chi connectivity index (χ4v) is 4.29. The summed E-state index contributed by atoms with van der Waals surface area (Å²) in [6, 6.07) is 21.4. The summed E-state index contributed by atoms with van der Waals surface area (Å²) in [7, 11) is 1.63. The molecule has 2 aliphatic heterocycles.